The van der Waals surface area contributed by atoms with Crippen LogP contribution in [0.25, 0.3) is 0 Å². The normalized spacial score (nSPS) is 10.9. The van der Waals surface area contributed by atoms with Crippen molar-refractivity contribution in [3.8, 4) is 0 Å². The van der Waals surface area contributed by atoms with Crippen molar-refractivity contribution in [3.63, 3.8) is 0 Å². The van der Waals surface area contributed by atoms with Crippen molar-refractivity contribution < 1.29 is 9.94 Å². The predicted octanol–water partition coefficient (Wildman–Crippen LogP) is 4.27. The summed E-state index contributed by atoms with van der Waals surface area (Å²) >= 11 is 5.82. The standard InChI is InChI=1S/C16H16ClN3O2/c1-2-16(19-18-14-9-7-13(17)8-10-14)22-11-12-5-3-4-6-15(12)20-21/h2-10,18,20-21H,1,11H2/b19-16+. The molecule has 5 nitrogen and oxygen atoms in total. The smallest absolute Gasteiger partial charge is 0.230 e. The summed E-state index contributed by atoms with van der Waals surface area (Å²) < 4.78 is 5.56. The van der Waals surface area contributed by atoms with Crippen LogP contribution in [0.3, 0.4) is 0 Å². The van der Waals surface area contributed by atoms with Crippen LogP contribution in [-0.2, 0) is 11.3 Å². The van der Waals surface area contributed by atoms with Crippen molar-refractivity contribution in [1.82, 2.24) is 0 Å². The summed E-state index contributed by atoms with van der Waals surface area (Å²) in [5.74, 6) is 0.336. The Labute approximate surface area is 133 Å². The molecule has 6 heteroatoms. The first-order chi connectivity index (χ1) is 10.7. The van der Waals surface area contributed by atoms with E-state index in [1.807, 2.05) is 18.2 Å². The molecule has 0 bridgehead atoms. The maximum Gasteiger partial charge on any atom is 0.230 e. The van der Waals surface area contributed by atoms with Crippen LogP contribution in [0.2, 0.25) is 5.02 Å². The molecule has 22 heavy (non-hydrogen) atoms. The SMILES string of the molecule is C=C/C(=N\Nc1ccc(Cl)cc1)OCc1ccccc1NO. The average molecular weight is 318 g/mol. The van der Waals surface area contributed by atoms with Gasteiger partial charge in [0.2, 0.25) is 5.90 Å². The highest BCUT2D eigenvalue weighted by atomic mass is 35.5. The molecule has 0 heterocycles. The molecule has 0 spiro atoms. The minimum atomic E-state index is 0.247. The zero-order chi connectivity index (χ0) is 15.8. The Kier molecular flexibility index (Phi) is 5.82. The summed E-state index contributed by atoms with van der Waals surface area (Å²) in [7, 11) is 0. The first kappa shape index (κ1) is 15.9. The number of ether oxygens (including phenoxy) is 1. The summed E-state index contributed by atoms with van der Waals surface area (Å²) in [5.41, 5.74) is 7.14. The number of hydrogen-bond donors (Lipinski definition) is 3. The molecule has 0 aliphatic rings. The van der Waals surface area contributed by atoms with E-state index in [-0.39, 0.29) is 6.61 Å². The molecule has 3 N–H and O–H groups in total. The Balaban J connectivity index is 1.98. The number of hydrazone groups is 1. The van der Waals surface area contributed by atoms with Gasteiger partial charge in [-0.15, -0.1) is 5.10 Å². The third kappa shape index (κ3) is 4.51. The molecule has 2 aromatic carbocycles. The molecule has 0 unspecified atom stereocenters. The lowest BCUT2D eigenvalue weighted by atomic mass is 10.2. The summed E-state index contributed by atoms with van der Waals surface area (Å²) in [4.78, 5) is 0. The van der Waals surface area contributed by atoms with E-state index < -0.39 is 0 Å². The molecular weight excluding hydrogens is 302 g/mol. The topological polar surface area (TPSA) is 65.9 Å². The lowest BCUT2D eigenvalue weighted by molar-refractivity contribution is 0.293. The van der Waals surface area contributed by atoms with Crippen LogP contribution in [0.4, 0.5) is 11.4 Å². The van der Waals surface area contributed by atoms with Gasteiger partial charge in [0.25, 0.3) is 0 Å². The maximum atomic E-state index is 9.04. The number of halogens is 1. The monoisotopic (exact) mass is 317 g/mol. The largest absolute Gasteiger partial charge is 0.472 e. The number of nitrogens with one attached hydrogen (secondary N) is 2. The molecule has 0 atom stereocenters. The minimum absolute atomic E-state index is 0.247. The van der Waals surface area contributed by atoms with Gasteiger partial charge >= 0.3 is 0 Å². The minimum Gasteiger partial charge on any atom is -0.472 e. The third-order valence-corrected chi connectivity index (χ3v) is 3.08. The van der Waals surface area contributed by atoms with Gasteiger partial charge in [-0.05, 0) is 36.4 Å². The van der Waals surface area contributed by atoms with E-state index >= 15 is 0 Å². The first-order valence-electron chi connectivity index (χ1n) is 6.55. The Morgan fingerprint density at radius 1 is 1.23 bits per heavy atom. The Morgan fingerprint density at radius 2 is 1.95 bits per heavy atom. The zero-order valence-electron chi connectivity index (χ0n) is 11.8. The van der Waals surface area contributed by atoms with Gasteiger partial charge in [-0.1, -0.05) is 36.4 Å². The molecule has 2 rings (SSSR count). The molecule has 0 fully saturated rings. The fourth-order valence-electron chi connectivity index (χ4n) is 1.69. The van der Waals surface area contributed by atoms with E-state index in [4.69, 9.17) is 21.5 Å². The summed E-state index contributed by atoms with van der Waals surface area (Å²) in [6.45, 7) is 3.91. The fraction of sp³-hybridized carbons (Fsp3) is 0.0625. The van der Waals surface area contributed by atoms with E-state index in [9.17, 15) is 0 Å². The Morgan fingerprint density at radius 3 is 2.64 bits per heavy atom. The van der Waals surface area contributed by atoms with Gasteiger partial charge in [-0.25, -0.2) is 0 Å². The molecule has 0 aliphatic carbocycles. The number of hydrogen-bond acceptors (Lipinski definition) is 5. The summed E-state index contributed by atoms with van der Waals surface area (Å²) in [6.07, 6.45) is 1.50. The maximum absolute atomic E-state index is 9.04. The Bertz CT molecular complexity index is 657. The highest BCUT2D eigenvalue weighted by Gasteiger charge is 2.02. The highest BCUT2D eigenvalue weighted by molar-refractivity contribution is 6.30. The Hall–Kier alpha value is -2.50. The van der Waals surface area contributed by atoms with Crippen molar-refractivity contribution in [2.24, 2.45) is 5.10 Å². The van der Waals surface area contributed by atoms with Crippen LogP contribution < -0.4 is 10.9 Å². The second kappa shape index (κ2) is 8.07. The van der Waals surface area contributed by atoms with E-state index in [2.05, 4.69) is 22.6 Å². The van der Waals surface area contributed by atoms with E-state index in [1.54, 1.807) is 30.3 Å². The number of nitrogens with zero attached hydrogens (tertiary/aromatic N) is 1. The van der Waals surface area contributed by atoms with Gasteiger partial charge < -0.3 is 4.74 Å². The molecular formula is C16H16ClN3O2. The molecule has 0 radical (unpaired) electrons. The number of rotatable bonds is 6. The van der Waals surface area contributed by atoms with Crippen LogP contribution in [0.1, 0.15) is 5.56 Å². The predicted molar refractivity (Wildman–Crippen MR) is 89.3 cm³/mol. The van der Waals surface area contributed by atoms with Gasteiger partial charge in [0.15, 0.2) is 0 Å². The zero-order valence-corrected chi connectivity index (χ0v) is 12.5. The van der Waals surface area contributed by atoms with Gasteiger partial charge in [-0.2, -0.15) is 0 Å². The van der Waals surface area contributed by atoms with Crippen LogP contribution in [0, 0.1) is 0 Å². The van der Waals surface area contributed by atoms with Crippen molar-refractivity contribution in [1.29, 1.82) is 0 Å². The van der Waals surface area contributed by atoms with Crippen molar-refractivity contribution in [2.45, 2.75) is 6.61 Å². The van der Waals surface area contributed by atoms with Crippen LogP contribution in [0.15, 0.2) is 66.3 Å². The first-order valence-corrected chi connectivity index (χ1v) is 6.93. The lowest BCUT2D eigenvalue weighted by Gasteiger charge is -2.10. The lowest BCUT2D eigenvalue weighted by Crippen LogP contribution is -2.06. The summed E-state index contributed by atoms with van der Waals surface area (Å²) in [5, 5.41) is 13.8. The van der Waals surface area contributed by atoms with Crippen LogP contribution in [-0.4, -0.2) is 11.1 Å². The molecule has 0 amide bonds. The molecule has 0 saturated carbocycles. The van der Waals surface area contributed by atoms with Gasteiger partial charge in [0.1, 0.15) is 6.61 Å². The van der Waals surface area contributed by atoms with Crippen molar-refractivity contribution in [2.75, 3.05) is 10.9 Å². The third-order valence-electron chi connectivity index (χ3n) is 2.83. The van der Waals surface area contributed by atoms with Crippen LogP contribution in [0.5, 0.6) is 0 Å². The van der Waals surface area contributed by atoms with E-state index in [1.165, 1.54) is 6.08 Å². The number of benzene rings is 2. The van der Waals surface area contributed by atoms with Gasteiger partial charge in [0, 0.05) is 10.6 Å². The van der Waals surface area contributed by atoms with Crippen molar-refractivity contribution in [3.05, 3.63) is 71.8 Å². The fourth-order valence-corrected chi connectivity index (χ4v) is 1.81. The number of anilines is 2. The van der Waals surface area contributed by atoms with E-state index in [0.717, 1.165) is 11.3 Å². The molecule has 114 valence electrons. The molecule has 0 saturated heterocycles. The quantitative estimate of drug-likeness (QED) is 0.423. The second-order valence-electron chi connectivity index (χ2n) is 4.33. The molecule has 2 aromatic rings. The van der Waals surface area contributed by atoms with E-state index in [0.29, 0.717) is 16.6 Å². The van der Waals surface area contributed by atoms with Crippen molar-refractivity contribution >= 4 is 28.9 Å². The van der Waals surface area contributed by atoms with Crippen LogP contribution >= 0.6 is 11.6 Å². The number of para-hydroxylation sites is 1. The second-order valence-corrected chi connectivity index (χ2v) is 4.77. The average Bonchev–Trinajstić information content (AvgIpc) is 2.57. The molecule has 0 aliphatic heterocycles. The molecule has 0 aromatic heterocycles. The summed E-state index contributed by atoms with van der Waals surface area (Å²) in [6, 6.07) is 14.4. The van der Waals surface area contributed by atoms with Gasteiger partial charge in [-0.3, -0.25) is 16.1 Å². The van der Waals surface area contributed by atoms with Gasteiger partial charge in [0.05, 0.1) is 11.4 Å². The highest BCUT2D eigenvalue weighted by Crippen LogP contribution is 2.16.